The molecule has 5 heteroatoms. The quantitative estimate of drug-likeness (QED) is 0.715. The van der Waals surface area contributed by atoms with Crippen molar-refractivity contribution in [3.8, 4) is 0 Å². The predicted octanol–water partition coefficient (Wildman–Crippen LogP) is 4.16. The van der Waals surface area contributed by atoms with Crippen molar-refractivity contribution in [3.05, 3.63) is 70.1 Å². The lowest BCUT2D eigenvalue weighted by Crippen LogP contribution is -2.36. The number of H-pyrrole nitrogens is 1. The Balaban J connectivity index is 1.70. The average Bonchev–Trinajstić information content (AvgIpc) is 2.94. The molecule has 0 unspecified atom stereocenters. The fraction of sp³-hybridized carbons (Fsp3) is 0.167. The molecule has 1 aliphatic rings. The summed E-state index contributed by atoms with van der Waals surface area (Å²) in [5, 5.41) is 1.48. The smallest absolute Gasteiger partial charge is 0.257 e. The normalized spacial score (nSPS) is 14.1. The molecule has 1 aromatic heterocycles. The van der Waals surface area contributed by atoms with E-state index in [4.69, 9.17) is 11.6 Å². The van der Waals surface area contributed by atoms with Gasteiger partial charge in [0.1, 0.15) is 5.82 Å². The van der Waals surface area contributed by atoms with Crippen molar-refractivity contribution in [1.29, 1.82) is 0 Å². The van der Waals surface area contributed by atoms with Gasteiger partial charge >= 0.3 is 0 Å². The summed E-state index contributed by atoms with van der Waals surface area (Å²) < 4.78 is 14.0. The Labute approximate surface area is 137 Å². The van der Waals surface area contributed by atoms with Gasteiger partial charge < -0.3 is 9.88 Å². The minimum Gasteiger partial charge on any atom is -0.358 e. The molecule has 116 valence electrons. The average molecular weight is 329 g/mol. The van der Waals surface area contributed by atoms with Crippen LogP contribution in [-0.4, -0.2) is 22.3 Å². The van der Waals surface area contributed by atoms with E-state index in [2.05, 4.69) is 4.98 Å². The van der Waals surface area contributed by atoms with Gasteiger partial charge in [0.2, 0.25) is 0 Å². The Morgan fingerprint density at radius 3 is 2.91 bits per heavy atom. The molecule has 0 radical (unpaired) electrons. The van der Waals surface area contributed by atoms with E-state index in [1.54, 1.807) is 4.90 Å². The molecule has 0 bridgehead atoms. The molecule has 0 atom stereocenters. The van der Waals surface area contributed by atoms with Crippen LogP contribution in [0.25, 0.3) is 10.9 Å². The molecule has 3 nitrogen and oxygen atoms in total. The minimum absolute atomic E-state index is 0.0285. The summed E-state index contributed by atoms with van der Waals surface area (Å²) in [6.07, 6.45) is 0.734. The zero-order valence-corrected chi connectivity index (χ0v) is 13.0. The van der Waals surface area contributed by atoms with Gasteiger partial charge in [0, 0.05) is 46.7 Å². The molecule has 0 saturated carbocycles. The number of aromatic nitrogens is 1. The zero-order valence-electron chi connectivity index (χ0n) is 12.3. The summed E-state index contributed by atoms with van der Waals surface area (Å²) in [7, 11) is 0. The fourth-order valence-electron chi connectivity index (χ4n) is 3.17. The van der Waals surface area contributed by atoms with Crippen LogP contribution < -0.4 is 0 Å². The summed E-state index contributed by atoms with van der Waals surface area (Å²) in [6, 6.07) is 12.1. The highest BCUT2D eigenvalue weighted by Crippen LogP contribution is 2.28. The number of carbonyl (C=O) groups excluding carboxylic acids is 1. The van der Waals surface area contributed by atoms with Gasteiger partial charge in [-0.25, -0.2) is 4.39 Å². The van der Waals surface area contributed by atoms with E-state index in [1.165, 1.54) is 18.2 Å². The lowest BCUT2D eigenvalue weighted by atomic mass is 10.0. The van der Waals surface area contributed by atoms with E-state index < -0.39 is 5.82 Å². The first-order valence-corrected chi connectivity index (χ1v) is 7.84. The summed E-state index contributed by atoms with van der Waals surface area (Å²) in [5.41, 5.74) is 3.37. The number of nitrogens with zero attached hydrogens (tertiary/aromatic N) is 1. The van der Waals surface area contributed by atoms with E-state index in [9.17, 15) is 9.18 Å². The molecule has 0 spiro atoms. The highest BCUT2D eigenvalue weighted by Gasteiger charge is 2.26. The van der Waals surface area contributed by atoms with Gasteiger partial charge in [-0.3, -0.25) is 4.79 Å². The number of halogens is 2. The van der Waals surface area contributed by atoms with Crippen molar-refractivity contribution in [1.82, 2.24) is 9.88 Å². The Morgan fingerprint density at radius 1 is 1.22 bits per heavy atom. The first-order valence-electron chi connectivity index (χ1n) is 7.46. The molecule has 4 rings (SSSR count). The zero-order chi connectivity index (χ0) is 16.0. The number of hydrogen-bond donors (Lipinski definition) is 1. The number of nitrogens with one attached hydrogen (secondary N) is 1. The third-order valence-corrected chi connectivity index (χ3v) is 4.56. The van der Waals surface area contributed by atoms with Crippen LogP contribution >= 0.6 is 11.6 Å². The molecular formula is C18H14ClFN2O. The molecule has 1 amide bonds. The van der Waals surface area contributed by atoms with E-state index in [-0.39, 0.29) is 11.5 Å². The Kier molecular flexibility index (Phi) is 3.34. The second kappa shape index (κ2) is 5.39. The number of amides is 1. The minimum atomic E-state index is -0.538. The number of aromatic amines is 1. The van der Waals surface area contributed by atoms with Crippen LogP contribution in [0, 0.1) is 5.82 Å². The van der Waals surface area contributed by atoms with E-state index >= 15 is 0 Å². The summed E-state index contributed by atoms with van der Waals surface area (Å²) in [6.45, 7) is 1.04. The molecular weight excluding hydrogens is 315 g/mol. The summed E-state index contributed by atoms with van der Waals surface area (Å²) >= 11 is 5.90. The molecule has 2 aromatic carbocycles. The van der Waals surface area contributed by atoms with E-state index in [1.807, 2.05) is 24.3 Å². The van der Waals surface area contributed by atoms with Crippen molar-refractivity contribution in [3.63, 3.8) is 0 Å². The molecule has 0 fully saturated rings. The molecule has 1 aliphatic heterocycles. The predicted molar refractivity (Wildman–Crippen MR) is 88.2 cm³/mol. The first-order chi connectivity index (χ1) is 11.1. The number of rotatable bonds is 1. The maximum absolute atomic E-state index is 14.0. The van der Waals surface area contributed by atoms with Crippen LogP contribution in [0.4, 0.5) is 4.39 Å². The van der Waals surface area contributed by atoms with Gasteiger partial charge in [-0.2, -0.15) is 0 Å². The molecule has 3 aromatic rings. The van der Waals surface area contributed by atoms with Gasteiger partial charge in [-0.05, 0) is 24.3 Å². The second-order valence-corrected chi connectivity index (χ2v) is 6.17. The Hall–Kier alpha value is -2.33. The Morgan fingerprint density at radius 2 is 2.04 bits per heavy atom. The lowest BCUT2D eigenvalue weighted by Gasteiger charge is -2.27. The molecule has 23 heavy (non-hydrogen) atoms. The van der Waals surface area contributed by atoms with E-state index in [0.29, 0.717) is 18.1 Å². The highest BCUT2D eigenvalue weighted by atomic mass is 35.5. The van der Waals surface area contributed by atoms with Crippen molar-refractivity contribution >= 4 is 28.4 Å². The number of benzene rings is 2. The van der Waals surface area contributed by atoms with Crippen LogP contribution in [0.3, 0.4) is 0 Å². The van der Waals surface area contributed by atoms with Gasteiger partial charge in [-0.1, -0.05) is 29.8 Å². The van der Waals surface area contributed by atoms with Gasteiger partial charge in [0.05, 0.1) is 5.56 Å². The fourth-order valence-corrected chi connectivity index (χ4v) is 3.34. The summed E-state index contributed by atoms with van der Waals surface area (Å²) in [5.74, 6) is -0.856. The van der Waals surface area contributed by atoms with E-state index in [0.717, 1.165) is 28.6 Å². The maximum Gasteiger partial charge on any atom is 0.257 e. The van der Waals surface area contributed by atoms with Crippen molar-refractivity contribution in [2.24, 2.45) is 0 Å². The molecule has 2 heterocycles. The van der Waals surface area contributed by atoms with Crippen LogP contribution in [0.2, 0.25) is 5.02 Å². The highest BCUT2D eigenvalue weighted by molar-refractivity contribution is 6.31. The van der Waals surface area contributed by atoms with Gasteiger partial charge in [0.25, 0.3) is 5.91 Å². The topological polar surface area (TPSA) is 36.1 Å². The van der Waals surface area contributed by atoms with Crippen molar-refractivity contribution in [2.75, 3.05) is 6.54 Å². The molecule has 0 saturated heterocycles. The lowest BCUT2D eigenvalue weighted by molar-refractivity contribution is 0.0730. The standard InChI is InChI=1S/C18H14ClFN2O/c19-11-5-6-15(20)13(9-11)18(23)22-8-7-17-14(10-22)12-3-1-2-4-16(12)21-17/h1-6,9,21H,7-8,10H2. The monoisotopic (exact) mass is 328 g/mol. The van der Waals surface area contributed by atoms with Crippen LogP contribution in [0.5, 0.6) is 0 Å². The number of fused-ring (bicyclic) bond motifs is 3. The summed E-state index contributed by atoms with van der Waals surface area (Å²) in [4.78, 5) is 17.7. The molecule has 1 N–H and O–H groups in total. The van der Waals surface area contributed by atoms with Gasteiger partial charge in [0.15, 0.2) is 0 Å². The van der Waals surface area contributed by atoms with Gasteiger partial charge in [-0.15, -0.1) is 0 Å². The number of hydrogen-bond acceptors (Lipinski definition) is 1. The second-order valence-electron chi connectivity index (χ2n) is 5.73. The number of para-hydroxylation sites is 1. The Bertz CT molecular complexity index is 919. The SMILES string of the molecule is O=C(c1cc(Cl)ccc1F)N1CCc2[nH]c3ccccc3c2C1. The maximum atomic E-state index is 14.0. The van der Waals surface area contributed by atoms with Crippen LogP contribution in [0.1, 0.15) is 21.6 Å². The van der Waals surface area contributed by atoms with Crippen molar-refractivity contribution in [2.45, 2.75) is 13.0 Å². The third-order valence-electron chi connectivity index (χ3n) is 4.33. The largest absolute Gasteiger partial charge is 0.358 e. The first kappa shape index (κ1) is 14.3. The number of carbonyl (C=O) groups is 1. The third kappa shape index (κ3) is 2.39. The van der Waals surface area contributed by atoms with Crippen LogP contribution in [-0.2, 0) is 13.0 Å². The molecule has 0 aliphatic carbocycles. The van der Waals surface area contributed by atoms with Crippen LogP contribution in [0.15, 0.2) is 42.5 Å². The van der Waals surface area contributed by atoms with Crippen molar-refractivity contribution < 1.29 is 9.18 Å².